The second-order valence-corrected chi connectivity index (χ2v) is 4.03. The van der Waals surface area contributed by atoms with Gasteiger partial charge in [-0.1, -0.05) is 13.0 Å². The van der Waals surface area contributed by atoms with Crippen LogP contribution in [0.1, 0.15) is 18.9 Å². The Morgan fingerprint density at radius 1 is 1.53 bits per heavy atom. The summed E-state index contributed by atoms with van der Waals surface area (Å²) in [4.78, 5) is 2.24. The molecule has 1 atom stereocenters. The van der Waals surface area contributed by atoms with Gasteiger partial charge >= 0.3 is 0 Å². The van der Waals surface area contributed by atoms with E-state index >= 15 is 0 Å². The first-order valence-electron chi connectivity index (χ1n) is 5.45. The van der Waals surface area contributed by atoms with Gasteiger partial charge in [-0.2, -0.15) is 0 Å². The van der Waals surface area contributed by atoms with E-state index in [4.69, 9.17) is 10.5 Å². The van der Waals surface area contributed by atoms with Crippen molar-refractivity contribution in [1.29, 1.82) is 0 Å². The van der Waals surface area contributed by atoms with Crippen molar-refractivity contribution in [2.75, 3.05) is 18.5 Å². The predicted molar refractivity (Wildman–Crippen MR) is 62.3 cm³/mol. The molecule has 1 aromatic carbocycles. The lowest BCUT2D eigenvalue weighted by molar-refractivity contribution is 0.191. The van der Waals surface area contributed by atoms with Crippen molar-refractivity contribution >= 4 is 5.69 Å². The zero-order chi connectivity index (χ0) is 10.8. The molecule has 0 bridgehead atoms. The van der Waals surface area contributed by atoms with Crippen LogP contribution in [0.15, 0.2) is 18.2 Å². The molecule has 3 nitrogen and oxygen atoms in total. The van der Waals surface area contributed by atoms with Gasteiger partial charge in [0.15, 0.2) is 0 Å². The molecule has 1 aromatic rings. The number of nitrogens with two attached hydrogens (primary N) is 1. The smallest absolute Gasteiger partial charge is 0.143 e. The molecule has 15 heavy (non-hydrogen) atoms. The third kappa shape index (κ3) is 1.92. The quantitative estimate of drug-likeness (QED) is 0.801. The van der Waals surface area contributed by atoms with Crippen LogP contribution in [0.25, 0.3) is 0 Å². The van der Waals surface area contributed by atoms with Gasteiger partial charge < -0.3 is 15.4 Å². The highest BCUT2D eigenvalue weighted by Crippen LogP contribution is 2.33. The number of likely N-dealkylation sites (N-methyl/N-ethyl adjacent to an activating group) is 1. The van der Waals surface area contributed by atoms with Gasteiger partial charge in [-0.3, -0.25) is 0 Å². The summed E-state index contributed by atoms with van der Waals surface area (Å²) in [7, 11) is 2.10. The lowest BCUT2D eigenvalue weighted by Crippen LogP contribution is -2.37. The first-order chi connectivity index (χ1) is 7.24. The summed E-state index contributed by atoms with van der Waals surface area (Å²) in [6.45, 7) is 3.68. The number of rotatable bonds is 2. The standard InChI is InChI=1S/C12H18N2O/c1-3-10-8-14(2)11-5-4-9(7-13)6-12(11)15-10/h4-6,10H,3,7-8,13H2,1-2H3. The van der Waals surface area contributed by atoms with E-state index in [0.717, 1.165) is 30.0 Å². The number of anilines is 1. The van der Waals surface area contributed by atoms with Crippen molar-refractivity contribution < 1.29 is 4.74 Å². The van der Waals surface area contributed by atoms with E-state index in [0.29, 0.717) is 12.6 Å². The minimum atomic E-state index is 0.301. The van der Waals surface area contributed by atoms with Crippen LogP contribution in [0.4, 0.5) is 5.69 Å². The molecule has 0 aromatic heterocycles. The lowest BCUT2D eigenvalue weighted by atomic mass is 10.1. The average Bonchev–Trinajstić information content (AvgIpc) is 2.28. The number of hydrogen-bond donors (Lipinski definition) is 1. The first-order valence-corrected chi connectivity index (χ1v) is 5.45. The van der Waals surface area contributed by atoms with Gasteiger partial charge in [0, 0.05) is 13.6 Å². The number of benzene rings is 1. The minimum absolute atomic E-state index is 0.301. The molecule has 0 saturated carbocycles. The Balaban J connectivity index is 2.33. The molecule has 1 unspecified atom stereocenters. The average molecular weight is 206 g/mol. The Kier molecular flexibility index (Phi) is 2.82. The van der Waals surface area contributed by atoms with E-state index in [1.807, 2.05) is 6.07 Å². The monoisotopic (exact) mass is 206 g/mol. The fourth-order valence-electron chi connectivity index (χ4n) is 1.93. The van der Waals surface area contributed by atoms with E-state index in [1.54, 1.807) is 0 Å². The molecular formula is C12H18N2O. The normalized spacial score (nSPS) is 19.7. The van der Waals surface area contributed by atoms with Crippen LogP contribution < -0.4 is 15.4 Å². The zero-order valence-electron chi connectivity index (χ0n) is 9.36. The molecule has 1 aliphatic heterocycles. The Morgan fingerprint density at radius 3 is 3.00 bits per heavy atom. The molecule has 0 aliphatic carbocycles. The molecule has 2 N–H and O–H groups in total. The molecule has 0 saturated heterocycles. The summed E-state index contributed by atoms with van der Waals surface area (Å²) in [6.07, 6.45) is 1.34. The highest BCUT2D eigenvalue weighted by Gasteiger charge is 2.21. The molecule has 1 aliphatic rings. The fraction of sp³-hybridized carbons (Fsp3) is 0.500. The Labute approximate surface area is 90.8 Å². The maximum atomic E-state index is 5.90. The fourth-order valence-corrected chi connectivity index (χ4v) is 1.93. The van der Waals surface area contributed by atoms with E-state index in [2.05, 4.69) is 31.0 Å². The summed E-state index contributed by atoms with van der Waals surface area (Å²) in [6, 6.07) is 6.20. The van der Waals surface area contributed by atoms with Crippen LogP contribution in [0.2, 0.25) is 0 Å². The highest BCUT2D eigenvalue weighted by atomic mass is 16.5. The molecule has 0 amide bonds. The molecule has 0 spiro atoms. The van der Waals surface area contributed by atoms with Crippen LogP contribution in [-0.4, -0.2) is 19.7 Å². The Bertz CT molecular complexity index is 351. The van der Waals surface area contributed by atoms with Gasteiger partial charge in [0.1, 0.15) is 11.9 Å². The third-order valence-electron chi connectivity index (χ3n) is 2.90. The summed E-state index contributed by atoms with van der Waals surface area (Å²) in [5.41, 5.74) is 7.90. The van der Waals surface area contributed by atoms with E-state index in [-0.39, 0.29) is 0 Å². The van der Waals surface area contributed by atoms with Crippen LogP contribution in [0.5, 0.6) is 5.75 Å². The largest absolute Gasteiger partial charge is 0.486 e. The van der Waals surface area contributed by atoms with Crippen molar-refractivity contribution in [3.63, 3.8) is 0 Å². The van der Waals surface area contributed by atoms with Gasteiger partial charge in [-0.25, -0.2) is 0 Å². The molecule has 82 valence electrons. The van der Waals surface area contributed by atoms with E-state index < -0.39 is 0 Å². The number of ether oxygens (including phenoxy) is 1. The topological polar surface area (TPSA) is 38.5 Å². The SMILES string of the molecule is CCC1CN(C)c2ccc(CN)cc2O1. The molecule has 1 heterocycles. The van der Waals surface area contributed by atoms with Crippen LogP contribution in [-0.2, 0) is 6.54 Å². The van der Waals surface area contributed by atoms with Crippen molar-refractivity contribution in [2.24, 2.45) is 5.73 Å². The van der Waals surface area contributed by atoms with Crippen LogP contribution in [0, 0.1) is 0 Å². The van der Waals surface area contributed by atoms with Gasteiger partial charge in [-0.05, 0) is 24.1 Å². The third-order valence-corrected chi connectivity index (χ3v) is 2.90. The minimum Gasteiger partial charge on any atom is -0.486 e. The van der Waals surface area contributed by atoms with Crippen LogP contribution >= 0.6 is 0 Å². The summed E-state index contributed by atoms with van der Waals surface area (Å²) in [5, 5.41) is 0. The molecular weight excluding hydrogens is 188 g/mol. The number of hydrogen-bond acceptors (Lipinski definition) is 3. The van der Waals surface area contributed by atoms with E-state index in [9.17, 15) is 0 Å². The highest BCUT2D eigenvalue weighted by molar-refractivity contribution is 5.60. The summed E-state index contributed by atoms with van der Waals surface area (Å²) in [5.74, 6) is 0.971. The number of fused-ring (bicyclic) bond motifs is 1. The Morgan fingerprint density at radius 2 is 2.33 bits per heavy atom. The lowest BCUT2D eigenvalue weighted by Gasteiger charge is -2.33. The molecule has 3 heteroatoms. The van der Waals surface area contributed by atoms with Crippen molar-refractivity contribution in [3.05, 3.63) is 23.8 Å². The summed E-state index contributed by atoms with van der Waals surface area (Å²) >= 11 is 0. The second kappa shape index (κ2) is 4.11. The van der Waals surface area contributed by atoms with Gasteiger partial charge in [0.05, 0.1) is 12.2 Å². The maximum Gasteiger partial charge on any atom is 0.143 e. The van der Waals surface area contributed by atoms with Crippen molar-refractivity contribution in [3.8, 4) is 5.75 Å². The molecule has 2 rings (SSSR count). The van der Waals surface area contributed by atoms with Gasteiger partial charge in [0.25, 0.3) is 0 Å². The van der Waals surface area contributed by atoms with Crippen molar-refractivity contribution in [1.82, 2.24) is 0 Å². The molecule has 0 fully saturated rings. The van der Waals surface area contributed by atoms with Gasteiger partial charge in [-0.15, -0.1) is 0 Å². The second-order valence-electron chi connectivity index (χ2n) is 4.03. The van der Waals surface area contributed by atoms with Gasteiger partial charge in [0.2, 0.25) is 0 Å². The summed E-state index contributed by atoms with van der Waals surface area (Å²) < 4.78 is 5.90. The number of nitrogens with zero attached hydrogens (tertiary/aromatic N) is 1. The first kappa shape index (κ1) is 10.3. The predicted octanol–water partition coefficient (Wildman–Crippen LogP) is 1.75. The maximum absolute atomic E-state index is 5.90. The van der Waals surface area contributed by atoms with Crippen molar-refractivity contribution in [2.45, 2.75) is 26.0 Å². The van der Waals surface area contributed by atoms with E-state index in [1.165, 1.54) is 0 Å². The zero-order valence-corrected chi connectivity index (χ0v) is 9.36. The molecule has 0 radical (unpaired) electrons. The van der Waals surface area contributed by atoms with Crippen LogP contribution in [0.3, 0.4) is 0 Å². The Hall–Kier alpha value is -1.22.